The van der Waals surface area contributed by atoms with Crippen LogP contribution in [0.25, 0.3) is 0 Å². The molecule has 0 unspecified atom stereocenters. The predicted octanol–water partition coefficient (Wildman–Crippen LogP) is 3.32. The maximum absolute atomic E-state index is 12.5. The minimum Gasteiger partial charge on any atom is -0.495 e. The molecule has 6 heteroatoms. The van der Waals surface area contributed by atoms with Gasteiger partial charge in [0.05, 0.1) is 29.7 Å². The molecule has 1 amide bonds. The first-order valence-electron chi connectivity index (χ1n) is 6.39. The van der Waals surface area contributed by atoms with Gasteiger partial charge in [0.25, 0.3) is 5.91 Å². The molecule has 1 aromatic heterocycles. The number of ether oxygens (including phenoxy) is 1. The first-order chi connectivity index (χ1) is 9.92. The molecule has 2 rings (SSSR count). The second kappa shape index (κ2) is 6.10. The van der Waals surface area contributed by atoms with Crippen molar-refractivity contribution in [3.8, 4) is 5.75 Å². The van der Waals surface area contributed by atoms with E-state index in [1.807, 2.05) is 0 Å². The maximum atomic E-state index is 12.5. The summed E-state index contributed by atoms with van der Waals surface area (Å²) in [5.74, 6) is 0.892. The van der Waals surface area contributed by atoms with Gasteiger partial charge >= 0.3 is 0 Å². The highest BCUT2D eigenvalue weighted by Crippen LogP contribution is 2.28. The topological polar surface area (TPSA) is 64.1 Å². The van der Waals surface area contributed by atoms with E-state index >= 15 is 0 Å². The van der Waals surface area contributed by atoms with E-state index in [0.29, 0.717) is 39.2 Å². The van der Waals surface area contributed by atoms with E-state index in [2.05, 4.69) is 15.3 Å². The molecule has 0 aliphatic rings. The molecule has 1 N–H and O–H groups in total. The molecule has 2 aromatic rings. The standard InChI is InChI=1S/C15H16ClN3O2/c1-8-14(9(2)18-10(3)17-8)15(20)19-12-7-11(16)5-6-13(12)21-4/h5-7H,1-4H3,(H,19,20). The van der Waals surface area contributed by atoms with Gasteiger partial charge in [-0.1, -0.05) is 11.6 Å². The SMILES string of the molecule is COc1ccc(Cl)cc1NC(=O)c1c(C)nc(C)nc1C. The van der Waals surface area contributed by atoms with Crippen molar-refractivity contribution in [3.63, 3.8) is 0 Å². The predicted molar refractivity (Wildman–Crippen MR) is 82.2 cm³/mol. The zero-order valence-electron chi connectivity index (χ0n) is 12.3. The van der Waals surface area contributed by atoms with Gasteiger partial charge in [-0.3, -0.25) is 4.79 Å². The summed E-state index contributed by atoms with van der Waals surface area (Å²) in [6, 6.07) is 5.03. The Morgan fingerprint density at radius 3 is 2.38 bits per heavy atom. The van der Waals surface area contributed by atoms with Gasteiger partial charge in [0, 0.05) is 5.02 Å². The minimum absolute atomic E-state index is 0.287. The summed E-state index contributed by atoms with van der Waals surface area (Å²) in [7, 11) is 1.53. The Hall–Kier alpha value is -2.14. The fourth-order valence-electron chi connectivity index (χ4n) is 2.18. The van der Waals surface area contributed by atoms with Crippen LogP contribution in [0.3, 0.4) is 0 Å². The summed E-state index contributed by atoms with van der Waals surface area (Å²) in [6.07, 6.45) is 0. The van der Waals surface area contributed by atoms with E-state index in [1.165, 1.54) is 7.11 Å². The van der Waals surface area contributed by atoms with Crippen molar-refractivity contribution in [2.24, 2.45) is 0 Å². The minimum atomic E-state index is -0.287. The van der Waals surface area contributed by atoms with Crippen LogP contribution in [0, 0.1) is 20.8 Å². The van der Waals surface area contributed by atoms with Crippen LogP contribution in [-0.4, -0.2) is 23.0 Å². The highest BCUT2D eigenvalue weighted by molar-refractivity contribution is 6.31. The molecule has 0 aliphatic carbocycles. The van der Waals surface area contributed by atoms with Crippen molar-refractivity contribution in [3.05, 3.63) is 46.0 Å². The summed E-state index contributed by atoms with van der Waals surface area (Å²) >= 11 is 5.96. The quantitative estimate of drug-likeness (QED) is 0.945. The number of carbonyl (C=O) groups is 1. The summed E-state index contributed by atoms with van der Waals surface area (Å²) in [5.41, 5.74) is 2.24. The van der Waals surface area contributed by atoms with E-state index < -0.39 is 0 Å². The van der Waals surface area contributed by atoms with Gasteiger partial charge in [-0.25, -0.2) is 9.97 Å². The van der Waals surface area contributed by atoms with E-state index in [-0.39, 0.29) is 5.91 Å². The molecular weight excluding hydrogens is 290 g/mol. The zero-order chi connectivity index (χ0) is 15.6. The van der Waals surface area contributed by atoms with Crippen LogP contribution in [0.5, 0.6) is 5.75 Å². The summed E-state index contributed by atoms with van der Waals surface area (Å²) in [5, 5.41) is 3.30. The second-order valence-corrected chi connectivity index (χ2v) is 5.05. The molecular formula is C15H16ClN3O2. The van der Waals surface area contributed by atoms with Crippen molar-refractivity contribution in [1.82, 2.24) is 9.97 Å². The van der Waals surface area contributed by atoms with Gasteiger partial charge in [-0.2, -0.15) is 0 Å². The molecule has 0 saturated carbocycles. The number of anilines is 1. The van der Waals surface area contributed by atoms with Crippen molar-refractivity contribution in [2.45, 2.75) is 20.8 Å². The molecule has 5 nitrogen and oxygen atoms in total. The molecule has 0 bridgehead atoms. The summed E-state index contributed by atoms with van der Waals surface area (Å²) in [4.78, 5) is 20.9. The number of aryl methyl sites for hydroxylation is 3. The van der Waals surface area contributed by atoms with Gasteiger partial charge in [-0.15, -0.1) is 0 Å². The Morgan fingerprint density at radius 2 is 1.81 bits per heavy atom. The molecule has 1 aromatic carbocycles. The lowest BCUT2D eigenvalue weighted by Gasteiger charge is -2.13. The molecule has 0 radical (unpaired) electrons. The van der Waals surface area contributed by atoms with E-state index in [1.54, 1.807) is 39.0 Å². The molecule has 21 heavy (non-hydrogen) atoms. The van der Waals surface area contributed by atoms with Crippen LogP contribution in [-0.2, 0) is 0 Å². The molecule has 110 valence electrons. The third-order valence-corrected chi connectivity index (χ3v) is 3.25. The van der Waals surface area contributed by atoms with Crippen LogP contribution < -0.4 is 10.1 Å². The Balaban J connectivity index is 2.37. The zero-order valence-corrected chi connectivity index (χ0v) is 13.1. The smallest absolute Gasteiger partial charge is 0.259 e. The van der Waals surface area contributed by atoms with Crippen LogP contribution in [0.1, 0.15) is 27.6 Å². The molecule has 0 aliphatic heterocycles. The van der Waals surface area contributed by atoms with Crippen LogP contribution >= 0.6 is 11.6 Å². The lowest BCUT2D eigenvalue weighted by Crippen LogP contribution is -2.17. The number of nitrogens with zero attached hydrogens (tertiary/aromatic N) is 2. The highest BCUT2D eigenvalue weighted by atomic mass is 35.5. The van der Waals surface area contributed by atoms with Gasteiger partial charge in [0.15, 0.2) is 0 Å². The molecule has 0 fully saturated rings. The Labute approximate surface area is 128 Å². The third kappa shape index (κ3) is 3.31. The van der Waals surface area contributed by atoms with Crippen molar-refractivity contribution < 1.29 is 9.53 Å². The number of benzene rings is 1. The van der Waals surface area contributed by atoms with Gasteiger partial charge in [0.1, 0.15) is 11.6 Å². The molecule has 0 atom stereocenters. The Morgan fingerprint density at radius 1 is 1.19 bits per heavy atom. The number of carbonyl (C=O) groups excluding carboxylic acids is 1. The van der Waals surface area contributed by atoms with Crippen molar-refractivity contribution in [1.29, 1.82) is 0 Å². The normalized spacial score (nSPS) is 10.3. The largest absolute Gasteiger partial charge is 0.495 e. The van der Waals surface area contributed by atoms with Crippen molar-refractivity contribution in [2.75, 3.05) is 12.4 Å². The number of nitrogens with one attached hydrogen (secondary N) is 1. The number of aromatic nitrogens is 2. The third-order valence-electron chi connectivity index (χ3n) is 3.02. The number of halogens is 1. The molecule has 1 heterocycles. The Bertz CT molecular complexity index is 678. The summed E-state index contributed by atoms with van der Waals surface area (Å²) in [6.45, 7) is 5.36. The van der Waals surface area contributed by atoms with Gasteiger partial charge in [-0.05, 0) is 39.0 Å². The van der Waals surface area contributed by atoms with E-state index in [4.69, 9.17) is 16.3 Å². The van der Waals surface area contributed by atoms with Crippen LogP contribution in [0.15, 0.2) is 18.2 Å². The second-order valence-electron chi connectivity index (χ2n) is 4.62. The number of hydrogen-bond acceptors (Lipinski definition) is 4. The van der Waals surface area contributed by atoms with Crippen molar-refractivity contribution >= 4 is 23.2 Å². The molecule has 0 spiro atoms. The van der Waals surface area contributed by atoms with Gasteiger partial charge < -0.3 is 10.1 Å². The Kier molecular flexibility index (Phi) is 4.43. The average molecular weight is 306 g/mol. The fraction of sp³-hybridized carbons (Fsp3) is 0.267. The van der Waals surface area contributed by atoms with E-state index in [9.17, 15) is 4.79 Å². The van der Waals surface area contributed by atoms with E-state index in [0.717, 1.165) is 0 Å². The van der Waals surface area contributed by atoms with Crippen LogP contribution in [0.2, 0.25) is 5.02 Å². The average Bonchev–Trinajstić information content (AvgIpc) is 2.37. The first kappa shape index (κ1) is 15.3. The van der Waals surface area contributed by atoms with Gasteiger partial charge in [0.2, 0.25) is 0 Å². The summed E-state index contributed by atoms with van der Waals surface area (Å²) < 4.78 is 5.21. The molecule has 0 saturated heterocycles. The number of methoxy groups -OCH3 is 1. The van der Waals surface area contributed by atoms with Crippen LogP contribution in [0.4, 0.5) is 5.69 Å². The number of rotatable bonds is 3. The first-order valence-corrected chi connectivity index (χ1v) is 6.77. The number of amides is 1. The lowest BCUT2D eigenvalue weighted by atomic mass is 10.1. The fourth-order valence-corrected chi connectivity index (χ4v) is 2.35. The lowest BCUT2D eigenvalue weighted by molar-refractivity contribution is 0.102. The highest BCUT2D eigenvalue weighted by Gasteiger charge is 2.17. The number of hydrogen-bond donors (Lipinski definition) is 1. The maximum Gasteiger partial charge on any atom is 0.259 e. The monoisotopic (exact) mass is 305 g/mol.